The van der Waals surface area contributed by atoms with Gasteiger partial charge in [-0.05, 0) is 15.9 Å². The first kappa shape index (κ1) is 8.61. The molecule has 1 aromatic rings. The normalized spacial score (nSPS) is 11.5. The molecule has 6 heteroatoms. The van der Waals surface area contributed by atoms with Crippen LogP contribution in [-0.4, -0.2) is 24.6 Å². The van der Waals surface area contributed by atoms with Crippen LogP contribution in [0.25, 0.3) is 0 Å². The maximum atomic E-state index is 10.8. The molecule has 0 saturated carbocycles. The van der Waals surface area contributed by atoms with Gasteiger partial charge in [0.1, 0.15) is 0 Å². The molecule has 0 spiro atoms. The molecule has 0 amide bonds. The number of halogens is 1. The molecule has 0 radical (unpaired) electrons. The Morgan fingerprint density at radius 3 is 2.18 bits per heavy atom. The van der Waals surface area contributed by atoms with Crippen molar-refractivity contribution in [3.8, 4) is 0 Å². The van der Waals surface area contributed by atoms with Crippen molar-refractivity contribution in [1.29, 1.82) is 0 Å². The second-order valence-corrected chi connectivity index (χ2v) is 4.78. The van der Waals surface area contributed by atoms with Crippen LogP contribution < -0.4 is 0 Å². The number of hydrogen-bond acceptors (Lipinski definition) is 4. The van der Waals surface area contributed by atoms with E-state index >= 15 is 0 Å². The van der Waals surface area contributed by atoms with Crippen molar-refractivity contribution < 1.29 is 8.42 Å². The molecule has 0 unspecified atom stereocenters. The molecule has 0 atom stereocenters. The van der Waals surface area contributed by atoms with Gasteiger partial charge >= 0.3 is 0 Å². The molecular formula is C5H5BrN2O2S. The Kier molecular flexibility index (Phi) is 2.24. The summed E-state index contributed by atoms with van der Waals surface area (Å²) >= 11 is 3.09. The SMILES string of the molecule is CS(=O)(=O)c1ncc(Br)cn1. The molecule has 1 heterocycles. The van der Waals surface area contributed by atoms with E-state index < -0.39 is 9.84 Å². The second-order valence-electron chi connectivity index (χ2n) is 1.96. The Labute approximate surface area is 72.7 Å². The smallest absolute Gasteiger partial charge is 0.226 e. The van der Waals surface area contributed by atoms with E-state index in [1.165, 1.54) is 12.4 Å². The highest BCUT2D eigenvalue weighted by Crippen LogP contribution is 2.06. The van der Waals surface area contributed by atoms with E-state index in [9.17, 15) is 8.42 Å². The molecule has 0 fully saturated rings. The molecule has 0 aromatic carbocycles. The largest absolute Gasteiger partial charge is 0.246 e. The predicted octanol–water partition coefficient (Wildman–Crippen LogP) is 0.643. The Morgan fingerprint density at radius 2 is 1.82 bits per heavy atom. The van der Waals surface area contributed by atoms with Gasteiger partial charge in [0.15, 0.2) is 0 Å². The summed E-state index contributed by atoms with van der Waals surface area (Å²) in [4.78, 5) is 7.21. The van der Waals surface area contributed by atoms with Crippen molar-refractivity contribution in [3.63, 3.8) is 0 Å². The molecular weight excluding hydrogens is 232 g/mol. The highest BCUT2D eigenvalue weighted by atomic mass is 79.9. The summed E-state index contributed by atoms with van der Waals surface area (Å²) in [5.41, 5.74) is 0. The fraction of sp³-hybridized carbons (Fsp3) is 0.200. The van der Waals surface area contributed by atoms with Crippen LogP contribution >= 0.6 is 15.9 Å². The minimum absolute atomic E-state index is 0.152. The third-order valence-electron chi connectivity index (χ3n) is 0.928. The molecule has 60 valence electrons. The molecule has 0 bridgehead atoms. The van der Waals surface area contributed by atoms with Crippen LogP contribution in [0.2, 0.25) is 0 Å². The minimum atomic E-state index is -3.26. The fourth-order valence-electron chi connectivity index (χ4n) is 0.492. The van der Waals surface area contributed by atoms with Gasteiger partial charge in [-0.25, -0.2) is 18.4 Å². The monoisotopic (exact) mass is 236 g/mol. The van der Waals surface area contributed by atoms with Gasteiger partial charge in [0.05, 0.1) is 4.47 Å². The van der Waals surface area contributed by atoms with Gasteiger partial charge in [0.2, 0.25) is 15.0 Å². The van der Waals surface area contributed by atoms with E-state index in [-0.39, 0.29) is 5.16 Å². The lowest BCUT2D eigenvalue weighted by Crippen LogP contribution is -2.02. The lowest BCUT2D eigenvalue weighted by atomic mass is 10.7. The standard InChI is InChI=1S/C5H5BrN2O2S/c1-11(9,10)5-7-2-4(6)3-8-5/h2-3H,1H3. The van der Waals surface area contributed by atoms with Crippen molar-refractivity contribution in [2.75, 3.05) is 6.26 Å². The van der Waals surface area contributed by atoms with Crippen LogP contribution in [0.4, 0.5) is 0 Å². The highest BCUT2D eigenvalue weighted by molar-refractivity contribution is 9.10. The van der Waals surface area contributed by atoms with E-state index in [0.29, 0.717) is 4.47 Å². The summed E-state index contributed by atoms with van der Waals surface area (Å²) in [5.74, 6) is 0. The number of aromatic nitrogens is 2. The van der Waals surface area contributed by atoms with Crippen LogP contribution in [0.5, 0.6) is 0 Å². The second kappa shape index (κ2) is 2.86. The summed E-state index contributed by atoms with van der Waals surface area (Å²) in [5, 5.41) is -0.152. The van der Waals surface area contributed by atoms with Crippen LogP contribution in [0.1, 0.15) is 0 Å². The third kappa shape index (κ3) is 2.23. The molecule has 0 aliphatic rings. The average molecular weight is 237 g/mol. The van der Waals surface area contributed by atoms with E-state index in [1.807, 2.05) is 0 Å². The molecule has 0 aliphatic heterocycles. The number of nitrogens with zero attached hydrogens (tertiary/aromatic N) is 2. The molecule has 11 heavy (non-hydrogen) atoms. The van der Waals surface area contributed by atoms with Gasteiger partial charge in [-0.15, -0.1) is 0 Å². The fourth-order valence-corrected chi connectivity index (χ4v) is 1.19. The summed E-state index contributed by atoms with van der Waals surface area (Å²) in [7, 11) is -3.26. The quantitative estimate of drug-likeness (QED) is 0.672. The van der Waals surface area contributed by atoms with Gasteiger partial charge in [-0.2, -0.15) is 0 Å². The van der Waals surface area contributed by atoms with Crippen LogP contribution in [0.15, 0.2) is 22.0 Å². The van der Waals surface area contributed by atoms with E-state index in [4.69, 9.17) is 0 Å². The zero-order valence-corrected chi connectivity index (χ0v) is 8.05. The van der Waals surface area contributed by atoms with Crippen molar-refractivity contribution in [2.45, 2.75) is 5.16 Å². The van der Waals surface area contributed by atoms with Crippen LogP contribution in [0, 0.1) is 0 Å². The van der Waals surface area contributed by atoms with Crippen LogP contribution in [-0.2, 0) is 9.84 Å². The first-order valence-corrected chi connectivity index (χ1v) is 5.36. The van der Waals surface area contributed by atoms with Crippen molar-refractivity contribution >= 4 is 25.8 Å². The van der Waals surface area contributed by atoms with E-state index in [0.717, 1.165) is 6.26 Å². The Hall–Kier alpha value is -0.490. The van der Waals surface area contributed by atoms with Gasteiger partial charge in [-0.3, -0.25) is 0 Å². The predicted molar refractivity (Wildman–Crippen MR) is 42.8 cm³/mol. The maximum absolute atomic E-state index is 10.8. The first-order valence-electron chi connectivity index (χ1n) is 2.68. The lowest BCUT2D eigenvalue weighted by Gasteiger charge is -1.93. The summed E-state index contributed by atoms with van der Waals surface area (Å²) in [6, 6.07) is 0. The van der Waals surface area contributed by atoms with Gasteiger partial charge in [-0.1, -0.05) is 0 Å². The van der Waals surface area contributed by atoms with Crippen molar-refractivity contribution in [1.82, 2.24) is 9.97 Å². The van der Waals surface area contributed by atoms with Gasteiger partial charge < -0.3 is 0 Å². The summed E-state index contributed by atoms with van der Waals surface area (Å²) < 4.78 is 22.3. The number of sulfone groups is 1. The molecule has 1 rings (SSSR count). The number of rotatable bonds is 1. The Bertz CT molecular complexity index is 345. The van der Waals surface area contributed by atoms with Crippen LogP contribution in [0.3, 0.4) is 0 Å². The van der Waals surface area contributed by atoms with Gasteiger partial charge in [0.25, 0.3) is 0 Å². The zero-order chi connectivity index (χ0) is 8.48. The van der Waals surface area contributed by atoms with Gasteiger partial charge in [0, 0.05) is 18.6 Å². The van der Waals surface area contributed by atoms with E-state index in [1.54, 1.807) is 0 Å². The van der Waals surface area contributed by atoms with Crippen molar-refractivity contribution in [3.05, 3.63) is 16.9 Å². The first-order chi connectivity index (χ1) is 5.00. The Balaban J connectivity index is 3.20. The van der Waals surface area contributed by atoms with E-state index in [2.05, 4.69) is 25.9 Å². The summed E-state index contributed by atoms with van der Waals surface area (Å²) in [6.45, 7) is 0. The average Bonchev–Trinajstić information content (AvgIpc) is 1.86. The lowest BCUT2D eigenvalue weighted by molar-refractivity contribution is 0.592. The maximum Gasteiger partial charge on any atom is 0.246 e. The molecule has 0 saturated heterocycles. The Morgan fingerprint density at radius 1 is 1.36 bits per heavy atom. The molecule has 0 N–H and O–H groups in total. The summed E-state index contributed by atoms with van der Waals surface area (Å²) in [6.07, 6.45) is 3.85. The number of hydrogen-bond donors (Lipinski definition) is 0. The highest BCUT2D eigenvalue weighted by Gasteiger charge is 2.08. The molecule has 1 aromatic heterocycles. The zero-order valence-electron chi connectivity index (χ0n) is 5.65. The molecule has 0 aliphatic carbocycles. The topological polar surface area (TPSA) is 59.9 Å². The molecule has 4 nitrogen and oxygen atoms in total. The van der Waals surface area contributed by atoms with Crippen molar-refractivity contribution in [2.24, 2.45) is 0 Å². The third-order valence-corrected chi connectivity index (χ3v) is 2.21. The minimum Gasteiger partial charge on any atom is -0.226 e.